The molecule has 1 aliphatic rings. The number of nitrogens with zero attached hydrogens (tertiary/aromatic N) is 5. The third-order valence-electron chi connectivity index (χ3n) is 3.02. The third-order valence-corrected chi connectivity index (χ3v) is 3.02. The van der Waals surface area contributed by atoms with Crippen LogP contribution in [0.4, 0.5) is 5.82 Å². The van der Waals surface area contributed by atoms with E-state index in [0.717, 1.165) is 0 Å². The van der Waals surface area contributed by atoms with Crippen molar-refractivity contribution in [1.82, 2.24) is 19.6 Å². The Morgan fingerprint density at radius 3 is 1.64 bits per heavy atom. The molecule has 0 radical (unpaired) electrons. The van der Waals surface area contributed by atoms with Gasteiger partial charge in [0.2, 0.25) is 0 Å². The lowest BCUT2D eigenvalue weighted by atomic mass is 10.0. The van der Waals surface area contributed by atoms with Crippen LogP contribution in [0.5, 0.6) is 0 Å². The summed E-state index contributed by atoms with van der Waals surface area (Å²) in [5.41, 5.74) is 0.0249. The van der Waals surface area contributed by atoms with E-state index in [4.69, 9.17) is 0 Å². The molecule has 2 rings (SSSR count). The lowest BCUT2D eigenvalue weighted by Crippen LogP contribution is -2.51. The first-order valence-corrected chi connectivity index (χ1v) is 9.65. The number of anilines is 1. The molecular weight excluding hydrogens is 310 g/mol. The number of hydrogen-bond donors (Lipinski definition) is 0. The van der Waals surface area contributed by atoms with Crippen molar-refractivity contribution in [2.45, 2.75) is 73.5 Å². The molecular formula is C20H47N5. The monoisotopic (exact) mass is 357 g/mol. The second-order valence-electron chi connectivity index (χ2n) is 6.75. The second kappa shape index (κ2) is 15.2. The fourth-order valence-corrected chi connectivity index (χ4v) is 2.69. The Balaban J connectivity index is -0.000000371. The molecule has 1 aliphatic heterocycles. The average Bonchev–Trinajstić information content (AvgIpc) is 3.07. The highest BCUT2D eigenvalue weighted by atomic mass is 15.5. The molecule has 152 valence electrons. The predicted molar refractivity (Wildman–Crippen MR) is 116 cm³/mol. The molecule has 2 heterocycles. The second-order valence-corrected chi connectivity index (χ2v) is 6.75. The van der Waals surface area contributed by atoms with Gasteiger partial charge in [0.05, 0.1) is 11.7 Å². The van der Waals surface area contributed by atoms with Crippen molar-refractivity contribution in [3.05, 3.63) is 12.3 Å². The molecule has 25 heavy (non-hydrogen) atoms. The zero-order valence-corrected chi connectivity index (χ0v) is 19.7. The van der Waals surface area contributed by atoms with Crippen molar-refractivity contribution >= 4 is 5.82 Å². The molecule has 5 nitrogen and oxygen atoms in total. The number of rotatable bonds is 1. The molecule has 1 atom stereocenters. The summed E-state index contributed by atoms with van der Waals surface area (Å²) in [7, 11) is 12.3. The average molecular weight is 358 g/mol. The molecule has 0 aromatic carbocycles. The SMILES string of the molecule is CC.CC.CCC.CN(C)C.CN(C)C1N(C)c2ccnn2C1(C)C. The number of hydrogen-bond acceptors (Lipinski definition) is 4. The molecule has 1 unspecified atom stereocenters. The van der Waals surface area contributed by atoms with Crippen LogP contribution in [-0.2, 0) is 5.54 Å². The fraction of sp³-hybridized carbons (Fsp3) is 0.850. The summed E-state index contributed by atoms with van der Waals surface area (Å²) in [5.74, 6) is 1.19. The van der Waals surface area contributed by atoms with Crippen LogP contribution < -0.4 is 4.90 Å². The van der Waals surface area contributed by atoms with Gasteiger partial charge in [-0.1, -0.05) is 48.0 Å². The van der Waals surface area contributed by atoms with Gasteiger partial charge in [-0.2, -0.15) is 5.10 Å². The molecule has 0 saturated heterocycles. The molecule has 0 spiro atoms. The van der Waals surface area contributed by atoms with Crippen LogP contribution >= 0.6 is 0 Å². The Morgan fingerprint density at radius 2 is 1.36 bits per heavy atom. The van der Waals surface area contributed by atoms with E-state index in [2.05, 4.69) is 74.5 Å². The summed E-state index contributed by atoms with van der Waals surface area (Å²) in [6.07, 6.45) is 3.48. The zero-order chi connectivity index (χ0) is 20.8. The van der Waals surface area contributed by atoms with Crippen LogP contribution in [0.1, 0.15) is 61.8 Å². The van der Waals surface area contributed by atoms with E-state index >= 15 is 0 Å². The predicted octanol–water partition coefficient (Wildman–Crippen LogP) is 4.60. The minimum absolute atomic E-state index is 0.0249. The van der Waals surface area contributed by atoms with Crippen molar-refractivity contribution in [2.24, 2.45) is 0 Å². The minimum atomic E-state index is 0.0249. The Morgan fingerprint density at radius 1 is 1.00 bits per heavy atom. The normalized spacial score (nSPS) is 16.3. The van der Waals surface area contributed by atoms with Crippen molar-refractivity contribution in [3.63, 3.8) is 0 Å². The number of aromatic nitrogens is 2. The molecule has 0 bridgehead atoms. The largest absolute Gasteiger partial charge is 0.342 e. The zero-order valence-electron chi connectivity index (χ0n) is 19.7. The van der Waals surface area contributed by atoms with Gasteiger partial charge in [-0.05, 0) is 49.1 Å². The van der Waals surface area contributed by atoms with Crippen molar-refractivity contribution in [2.75, 3.05) is 47.2 Å². The third kappa shape index (κ3) is 9.26. The van der Waals surface area contributed by atoms with E-state index in [9.17, 15) is 0 Å². The molecule has 0 saturated carbocycles. The summed E-state index contributed by atoms with van der Waals surface area (Å²) in [6.45, 7) is 16.7. The Labute approximate surface area is 159 Å². The lowest BCUT2D eigenvalue weighted by molar-refractivity contribution is 0.160. The van der Waals surface area contributed by atoms with Crippen molar-refractivity contribution < 1.29 is 0 Å². The topological polar surface area (TPSA) is 27.5 Å². The molecule has 1 aromatic rings. The smallest absolute Gasteiger partial charge is 0.128 e. The first-order valence-electron chi connectivity index (χ1n) is 9.65. The van der Waals surface area contributed by atoms with Gasteiger partial charge in [-0.15, -0.1) is 0 Å². The summed E-state index contributed by atoms with van der Waals surface area (Å²) in [5, 5.41) is 4.38. The quantitative estimate of drug-likeness (QED) is 0.734. The van der Waals surface area contributed by atoms with Crippen LogP contribution in [0, 0.1) is 0 Å². The Kier molecular flexibility index (Phi) is 17.5. The molecule has 0 amide bonds. The molecule has 0 N–H and O–H groups in total. The van der Waals surface area contributed by atoms with Gasteiger partial charge in [0, 0.05) is 13.1 Å². The lowest BCUT2D eigenvalue weighted by Gasteiger charge is -2.36. The van der Waals surface area contributed by atoms with Crippen LogP contribution in [0.25, 0.3) is 0 Å². The summed E-state index contributed by atoms with van der Waals surface area (Å²) in [6, 6.07) is 2.06. The van der Waals surface area contributed by atoms with E-state index in [1.807, 2.05) is 59.9 Å². The number of fused-ring (bicyclic) bond motifs is 1. The highest BCUT2D eigenvalue weighted by molar-refractivity contribution is 5.45. The van der Waals surface area contributed by atoms with Gasteiger partial charge in [0.25, 0.3) is 0 Å². The van der Waals surface area contributed by atoms with Gasteiger partial charge < -0.3 is 9.80 Å². The highest BCUT2D eigenvalue weighted by Gasteiger charge is 2.44. The molecule has 5 heteroatoms. The maximum Gasteiger partial charge on any atom is 0.128 e. The minimum Gasteiger partial charge on any atom is -0.342 e. The molecule has 0 aliphatic carbocycles. The maximum atomic E-state index is 4.38. The van der Waals surface area contributed by atoms with Crippen molar-refractivity contribution in [1.29, 1.82) is 0 Å². The van der Waals surface area contributed by atoms with E-state index in [0.29, 0.717) is 6.17 Å². The Bertz CT molecular complexity index is 394. The number of likely N-dealkylation sites (N-methyl/N-ethyl adjacent to an activating group) is 2. The van der Waals surface area contributed by atoms with Gasteiger partial charge in [0.1, 0.15) is 12.0 Å². The van der Waals surface area contributed by atoms with Crippen LogP contribution in [0.15, 0.2) is 12.3 Å². The van der Waals surface area contributed by atoms with Gasteiger partial charge >= 0.3 is 0 Å². The first-order chi connectivity index (χ1) is 11.6. The molecule has 1 aromatic heterocycles. The van der Waals surface area contributed by atoms with Crippen molar-refractivity contribution in [3.8, 4) is 0 Å². The Hall–Kier alpha value is -1.07. The summed E-state index contributed by atoms with van der Waals surface area (Å²) in [4.78, 5) is 6.50. The van der Waals surface area contributed by atoms with Gasteiger partial charge in [-0.3, -0.25) is 4.90 Å². The van der Waals surface area contributed by atoms with E-state index in [-0.39, 0.29) is 5.54 Å². The standard InChI is InChI=1S/C10H18N4.C3H9N.C3H8.2C2H6/c1-10(2)9(12(3)4)13(5)8-6-7-11-14(8)10;1-4(2)3;1-3-2;2*1-2/h6-7,9H,1-5H3;1-3H3;3H2,1-2H3;2*1-2H3. The first kappa shape index (κ1) is 28.7. The highest BCUT2D eigenvalue weighted by Crippen LogP contribution is 2.37. The van der Waals surface area contributed by atoms with Crippen LogP contribution in [-0.4, -0.2) is 68.0 Å². The fourth-order valence-electron chi connectivity index (χ4n) is 2.69. The van der Waals surface area contributed by atoms with Crippen LogP contribution in [0.2, 0.25) is 0 Å². The van der Waals surface area contributed by atoms with E-state index in [1.165, 1.54) is 12.2 Å². The summed E-state index contributed by atoms with van der Waals surface area (Å²) < 4.78 is 2.09. The van der Waals surface area contributed by atoms with E-state index < -0.39 is 0 Å². The maximum absolute atomic E-state index is 4.38. The van der Waals surface area contributed by atoms with E-state index in [1.54, 1.807) is 0 Å². The summed E-state index contributed by atoms with van der Waals surface area (Å²) >= 11 is 0. The van der Waals surface area contributed by atoms with Gasteiger partial charge in [-0.25, -0.2) is 4.68 Å². The molecule has 0 fully saturated rings. The van der Waals surface area contributed by atoms with Crippen LogP contribution in [0.3, 0.4) is 0 Å². The van der Waals surface area contributed by atoms with Gasteiger partial charge in [0.15, 0.2) is 0 Å².